The Morgan fingerprint density at radius 2 is 0.750 bits per heavy atom. The van der Waals surface area contributed by atoms with Crippen LogP contribution in [-0.4, -0.2) is 79.4 Å². The highest BCUT2D eigenvalue weighted by Gasteiger charge is 2.35. The molecule has 0 aliphatic carbocycles. The zero-order chi connectivity index (χ0) is 60.6. The van der Waals surface area contributed by atoms with Gasteiger partial charge in [-0.15, -0.1) is 45.3 Å². The Morgan fingerprint density at radius 1 is 0.429 bits per heavy atom. The number of nitrogens with zero attached hydrogens (tertiary/aromatic N) is 4. The summed E-state index contributed by atoms with van der Waals surface area (Å²) in [6.45, 7) is 18.4. The quantitative estimate of drug-likeness (QED) is 0.0127. The van der Waals surface area contributed by atoms with Crippen LogP contribution in [-0.2, 0) is 28.5 Å². The van der Waals surface area contributed by atoms with E-state index < -0.39 is 23.9 Å². The Balaban J connectivity index is 0.000000254. The topological polar surface area (TPSA) is 191 Å². The first-order chi connectivity index (χ1) is 40.9. The maximum Gasteiger partial charge on any atom is 0.384 e. The summed E-state index contributed by atoms with van der Waals surface area (Å²) in [5, 5.41) is 7.54. The van der Waals surface area contributed by atoms with Crippen LogP contribution in [0.25, 0.3) is 31.9 Å². The van der Waals surface area contributed by atoms with Crippen molar-refractivity contribution in [2.75, 3.05) is 26.4 Å². The lowest BCUT2D eigenvalue weighted by atomic mass is 9.91. The zero-order valence-corrected chi connectivity index (χ0v) is 54.6. The van der Waals surface area contributed by atoms with Crippen LogP contribution < -0.4 is 0 Å². The van der Waals surface area contributed by atoms with Crippen LogP contribution >= 0.6 is 68.8 Å². The van der Waals surface area contributed by atoms with Crippen LogP contribution in [0.3, 0.4) is 0 Å². The van der Waals surface area contributed by atoms with Gasteiger partial charge in [-0.1, -0.05) is 157 Å². The number of esters is 4. The highest BCUT2D eigenvalue weighted by molar-refractivity contribution is 7.14. The van der Waals surface area contributed by atoms with Gasteiger partial charge in [0.25, 0.3) is 0 Å². The molecule has 7 aromatic rings. The second kappa shape index (κ2) is 38.3. The number of unbranched alkanes of at least 4 members (excludes halogenated alkanes) is 4. The minimum absolute atomic E-state index is 0.144. The van der Waals surface area contributed by atoms with Crippen molar-refractivity contribution < 1.29 is 47.7 Å². The minimum Gasteiger partial charge on any atom is -0.462 e. The first-order valence-corrected chi connectivity index (χ1v) is 34.4. The molecule has 0 saturated heterocycles. The molecule has 6 aromatic heterocycles. The molecule has 0 aliphatic heterocycles. The molecule has 0 N–H and O–H groups in total. The maximum absolute atomic E-state index is 14.1. The smallest absolute Gasteiger partial charge is 0.384 e. The predicted octanol–water partition coefficient (Wildman–Crippen LogP) is 17.5. The van der Waals surface area contributed by atoms with Crippen molar-refractivity contribution in [3.63, 3.8) is 0 Å². The molecule has 7 rings (SSSR count). The van der Waals surface area contributed by atoms with E-state index in [1.165, 1.54) is 45.3 Å². The summed E-state index contributed by atoms with van der Waals surface area (Å²) >= 11 is 7.62. The summed E-state index contributed by atoms with van der Waals surface area (Å²) in [6, 6.07) is 14.8. The highest BCUT2D eigenvalue weighted by Crippen LogP contribution is 2.44. The number of hydrogen-bond acceptors (Lipinski definition) is 20. The predicted molar refractivity (Wildman–Crippen MR) is 343 cm³/mol. The number of carbonyl (C=O) groups excluding carboxylic acids is 6. The lowest BCUT2D eigenvalue weighted by Gasteiger charge is -2.20. The number of ether oxygens (including phenoxy) is 4. The van der Waals surface area contributed by atoms with E-state index >= 15 is 0 Å². The number of benzene rings is 1. The SMILES string of the molecule is CCCCC(CC)COC(=O)C#CC(=O)OCC(CC)CCCC.CCCCC(CC)COC(=O)c1c(C(=O)OCC(CC)CCCC)c(-c2cccs2)c2nsnc2c1-c1cccs1.O=C(c1cccs1)c1nsnc1C(=O)c1cccs1. The number of hydrogen-bond donors (Lipinski definition) is 0. The van der Waals surface area contributed by atoms with Crippen molar-refractivity contribution in [3.8, 4) is 32.7 Å². The number of aromatic nitrogens is 4. The number of thiophene rings is 4. The summed E-state index contributed by atoms with van der Waals surface area (Å²) in [5.41, 5.74) is 3.16. The van der Waals surface area contributed by atoms with Gasteiger partial charge in [-0.2, -0.15) is 17.5 Å². The summed E-state index contributed by atoms with van der Waals surface area (Å²) < 4.78 is 39.5. The number of carbonyl (C=O) groups is 6. The van der Waals surface area contributed by atoms with Gasteiger partial charge in [-0.3, -0.25) is 9.59 Å². The van der Waals surface area contributed by atoms with Crippen LogP contribution in [0.2, 0.25) is 0 Å². The van der Waals surface area contributed by atoms with Crippen molar-refractivity contribution in [2.45, 2.75) is 158 Å². The van der Waals surface area contributed by atoms with Crippen LogP contribution in [0, 0.1) is 35.5 Å². The molecule has 14 nitrogen and oxygen atoms in total. The van der Waals surface area contributed by atoms with Crippen molar-refractivity contribution in [2.24, 2.45) is 23.7 Å². The van der Waals surface area contributed by atoms with Crippen LogP contribution in [0.15, 0.2) is 70.1 Å². The Bertz CT molecular complexity index is 2940. The molecule has 0 fully saturated rings. The fraction of sp³-hybridized carbons (Fsp3) is 0.500. The van der Waals surface area contributed by atoms with Gasteiger partial charge in [0.2, 0.25) is 11.6 Å². The molecule has 4 unspecified atom stereocenters. The molecule has 6 heterocycles. The lowest BCUT2D eigenvalue weighted by molar-refractivity contribution is -0.140. The molecular weight excluding hydrogens is 1180 g/mol. The normalized spacial score (nSPS) is 12.3. The third-order valence-electron chi connectivity index (χ3n) is 14.3. The van der Waals surface area contributed by atoms with Crippen LogP contribution in [0.1, 0.15) is 210 Å². The van der Waals surface area contributed by atoms with E-state index in [9.17, 15) is 28.8 Å². The van der Waals surface area contributed by atoms with Gasteiger partial charge in [-0.25, -0.2) is 19.2 Å². The highest BCUT2D eigenvalue weighted by atomic mass is 32.1. The second-order valence-electron chi connectivity index (χ2n) is 20.3. The fourth-order valence-electron chi connectivity index (χ4n) is 8.95. The van der Waals surface area contributed by atoms with Gasteiger partial charge in [0.1, 0.15) is 11.0 Å². The third-order valence-corrected chi connectivity index (χ3v) is 18.9. The summed E-state index contributed by atoms with van der Waals surface area (Å²) in [4.78, 5) is 78.7. The van der Waals surface area contributed by atoms with E-state index in [-0.39, 0.29) is 45.9 Å². The monoisotopic (exact) mass is 1260 g/mol. The minimum atomic E-state index is -0.653. The molecule has 452 valence electrons. The van der Waals surface area contributed by atoms with Gasteiger partial charge < -0.3 is 18.9 Å². The first-order valence-electron chi connectivity index (χ1n) is 29.5. The Hall–Kier alpha value is -5.82. The lowest BCUT2D eigenvalue weighted by Crippen LogP contribution is -2.21. The second-order valence-corrected chi connectivity index (χ2v) is 25.1. The molecule has 0 spiro atoms. The number of fused-ring (bicyclic) bond motifs is 1. The zero-order valence-electron chi connectivity index (χ0n) is 49.7. The van der Waals surface area contributed by atoms with Gasteiger partial charge in [0.05, 0.1) is 70.8 Å². The molecule has 0 aliphatic rings. The Morgan fingerprint density at radius 3 is 1.05 bits per heavy atom. The molecule has 4 atom stereocenters. The largest absolute Gasteiger partial charge is 0.462 e. The van der Waals surface area contributed by atoms with Crippen molar-refractivity contribution >= 4 is 115 Å². The van der Waals surface area contributed by atoms with Crippen molar-refractivity contribution in [1.29, 1.82) is 0 Å². The Labute approximate surface area is 520 Å². The molecule has 0 radical (unpaired) electrons. The maximum atomic E-state index is 14.1. The molecule has 20 heteroatoms. The van der Waals surface area contributed by atoms with Gasteiger partial charge >= 0.3 is 23.9 Å². The average molecular weight is 1260 g/mol. The number of rotatable bonds is 32. The van der Waals surface area contributed by atoms with Crippen molar-refractivity contribution in [1.82, 2.24) is 17.5 Å². The summed E-state index contributed by atoms with van der Waals surface area (Å²) in [5.74, 6) is 2.88. The van der Waals surface area contributed by atoms with E-state index in [2.05, 4.69) is 84.7 Å². The van der Waals surface area contributed by atoms with E-state index in [4.69, 9.17) is 18.9 Å². The molecule has 0 amide bonds. The molecule has 1 aromatic carbocycles. The van der Waals surface area contributed by atoms with Crippen LogP contribution in [0.4, 0.5) is 0 Å². The Kier molecular flexibility index (Phi) is 31.4. The average Bonchev–Trinajstić information content (AvgIpc) is 1.73. The van der Waals surface area contributed by atoms with Gasteiger partial charge in [0.15, 0.2) is 11.4 Å². The molecule has 0 bridgehead atoms. The van der Waals surface area contributed by atoms with Crippen molar-refractivity contribution in [3.05, 3.63) is 102 Å². The van der Waals surface area contributed by atoms with E-state index in [1.807, 2.05) is 45.8 Å². The van der Waals surface area contributed by atoms with Crippen LogP contribution in [0.5, 0.6) is 0 Å². The standard InChI is InChI=1S/C32H40N2O4S3.C20H34O4.C12H6N2O2S3/c1-5-9-13-21(7-3)19-37-31(35)27-25(23-15-11-17-39-23)29-30(34-41-33-29)26(24-16-12-18-40-24)28(27)32(36)38-20-22(8-4)14-10-6-2;1-5-9-11-17(7-3)15-23-19(21)13-14-20(22)24-16-18(8-4)12-10-6-2;15-11(7-3-1-5-17-7)9-10(14-19-13-9)12(16)8-4-2-6-18-8/h11-12,15-18,21-22H,5-10,13-14,19-20H2,1-4H3;17-18H,5-12,15-16H2,1-4H3;1-6H. The van der Waals surface area contributed by atoms with Gasteiger partial charge in [0, 0.05) is 32.7 Å². The fourth-order valence-corrected chi connectivity index (χ4v) is 12.9. The van der Waals surface area contributed by atoms with E-state index in [1.54, 1.807) is 24.3 Å². The first kappa shape index (κ1) is 69.0. The third kappa shape index (κ3) is 21.0. The molecule has 84 heavy (non-hydrogen) atoms. The summed E-state index contributed by atoms with van der Waals surface area (Å²) in [6.07, 6.45) is 16.8. The molecule has 0 saturated carbocycles. The summed E-state index contributed by atoms with van der Waals surface area (Å²) in [7, 11) is 0. The molecular formula is C64H80N4O10S6. The van der Waals surface area contributed by atoms with E-state index in [0.29, 0.717) is 70.2 Å². The van der Waals surface area contributed by atoms with Gasteiger partial charge in [-0.05, 0) is 95.1 Å². The van der Waals surface area contributed by atoms with E-state index in [0.717, 1.165) is 136 Å². The number of ketones is 2.